The number of benzene rings is 1. The first kappa shape index (κ1) is 16.3. The molecule has 0 saturated carbocycles. The van der Waals surface area contributed by atoms with Gasteiger partial charge in [-0.1, -0.05) is 55.2 Å². The summed E-state index contributed by atoms with van der Waals surface area (Å²) >= 11 is 12.3. The molecular formula is C15H19Cl2N3O. The lowest BCUT2D eigenvalue weighted by Gasteiger charge is -2.25. The summed E-state index contributed by atoms with van der Waals surface area (Å²) in [4.78, 5) is 4.37. The first-order valence-corrected chi connectivity index (χ1v) is 7.53. The third-order valence-corrected chi connectivity index (χ3v) is 4.12. The van der Waals surface area contributed by atoms with E-state index in [0.717, 1.165) is 5.56 Å². The molecule has 4 nitrogen and oxygen atoms in total. The molecule has 2 N–H and O–H groups in total. The molecule has 1 atom stereocenters. The van der Waals surface area contributed by atoms with Crippen molar-refractivity contribution in [1.29, 1.82) is 0 Å². The Kier molecular flexibility index (Phi) is 4.91. The highest BCUT2D eigenvalue weighted by molar-refractivity contribution is 6.36. The molecule has 0 spiro atoms. The van der Waals surface area contributed by atoms with Crippen molar-refractivity contribution in [2.24, 2.45) is 11.1 Å². The van der Waals surface area contributed by atoms with Crippen molar-refractivity contribution in [3.05, 3.63) is 45.5 Å². The Hall–Kier alpha value is -1.10. The van der Waals surface area contributed by atoms with E-state index in [4.69, 9.17) is 33.5 Å². The monoisotopic (exact) mass is 327 g/mol. The number of hydrogen-bond acceptors (Lipinski definition) is 4. The Balaban J connectivity index is 2.11. The molecule has 0 amide bonds. The SMILES string of the molecule is CC(C)(C)C(N)Cc1nc(Cc2c(Cl)cccc2Cl)no1. The molecule has 0 aliphatic heterocycles. The van der Waals surface area contributed by atoms with E-state index < -0.39 is 0 Å². The molecule has 6 heteroatoms. The summed E-state index contributed by atoms with van der Waals surface area (Å²) in [5.41, 5.74) is 6.91. The molecular weight excluding hydrogens is 309 g/mol. The minimum absolute atomic E-state index is 0.0132. The molecule has 0 aliphatic carbocycles. The highest BCUT2D eigenvalue weighted by Gasteiger charge is 2.23. The molecule has 2 aromatic rings. The van der Waals surface area contributed by atoms with Gasteiger partial charge in [0.05, 0.1) is 0 Å². The number of halogens is 2. The Labute approximate surface area is 134 Å². The Morgan fingerprint density at radius 1 is 1.24 bits per heavy atom. The van der Waals surface area contributed by atoms with Crippen LogP contribution in [-0.4, -0.2) is 16.2 Å². The molecule has 114 valence electrons. The van der Waals surface area contributed by atoms with Gasteiger partial charge in [0, 0.05) is 28.9 Å². The summed E-state index contributed by atoms with van der Waals surface area (Å²) in [5, 5.41) is 5.16. The van der Waals surface area contributed by atoms with Gasteiger partial charge < -0.3 is 10.3 Å². The molecule has 1 unspecified atom stereocenters. The molecule has 21 heavy (non-hydrogen) atoms. The van der Waals surface area contributed by atoms with Crippen molar-refractivity contribution in [2.75, 3.05) is 0 Å². The van der Waals surface area contributed by atoms with Gasteiger partial charge in [-0.3, -0.25) is 0 Å². The third-order valence-electron chi connectivity index (χ3n) is 3.41. The van der Waals surface area contributed by atoms with Crippen LogP contribution in [0.15, 0.2) is 22.7 Å². The maximum Gasteiger partial charge on any atom is 0.228 e. The maximum absolute atomic E-state index is 6.14. The lowest BCUT2D eigenvalue weighted by Crippen LogP contribution is -2.37. The Bertz CT molecular complexity index is 599. The first-order valence-electron chi connectivity index (χ1n) is 6.77. The van der Waals surface area contributed by atoms with Crippen molar-refractivity contribution in [3.8, 4) is 0 Å². The molecule has 1 heterocycles. The molecule has 0 bridgehead atoms. The fourth-order valence-electron chi connectivity index (χ4n) is 1.80. The minimum atomic E-state index is -0.0466. The van der Waals surface area contributed by atoms with E-state index in [1.165, 1.54) is 0 Å². The van der Waals surface area contributed by atoms with Crippen LogP contribution in [0, 0.1) is 5.41 Å². The van der Waals surface area contributed by atoms with E-state index >= 15 is 0 Å². The van der Waals surface area contributed by atoms with Gasteiger partial charge in [-0.15, -0.1) is 0 Å². The van der Waals surface area contributed by atoms with Crippen LogP contribution in [0.25, 0.3) is 0 Å². The van der Waals surface area contributed by atoms with E-state index in [1.807, 2.05) is 0 Å². The van der Waals surface area contributed by atoms with Crippen LogP contribution in [0.1, 0.15) is 38.0 Å². The molecule has 0 fully saturated rings. The number of rotatable bonds is 4. The molecule has 0 radical (unpaired) electrons. The summed E-state index contributed by atoms with van der Waals surface area (Å²) in [5.74, 6) is 1.09. The van der Waals surface area contributed by atoms with Crippen molar-refractivity contribution in [2.45, 2.75) is 39.7 Å². The summed E-state index contributed by atoms with van der Waals surface area (Å²) in [7, 11) is 0. The van der Waals surface area contributed by atoms with Crippen molar-refractivity contribution in [3.63, 3.8) is 0 Å². The van der Waals surface area contributed by atoms with Crippen LogP contribution >= 0.6 is 23.2 Å². The number of hydrogen-bond donors (Lipinski definition) is 1. The normalized spacial score (nSPS) is 13.4. The topological polar surface area (TPSA) is 64.9 Å². The van der Waals surface area contributed by atoms with E-state index in [-0.39, 0.29) is 11.5 Å². The van der Waals surface area contributed by atoms with Crippen molar-refractivity contribution in [1.82, 2.24) is 10.1 Å². The second-order valence-electron chi connectivity index (χ2n) is 6.16. The predicted octanol–water partition coefficient (Wildman–Crippen LogP) is 3.88. The highest BCUT2D eigenvalue weighted by Crippen LogP contribution is 2.26. The molecule has 1 aromatic carbocycles. The second kappa shape index (κ2) is 6.34. The van der Waals surface area contributed by atoms with Gasteiger partial charge in [0.2, 0.25) is 5.89 Å². The standard InChI is InChI=1S/C15H19Cl2N3O/c1-15(2,3)12(18)8-14-19-13(20-21-14)7-9-10(16)5-4-6-11(9)17/h4-6,12H,7-8,18H2,1-3H3. The molecule has 1 aromatic heterocycles. The highest BCUT2D eigenvalue weighted by atomic mass is 35.5. The summed E-state index contributed by atoms with van der Waals surface area (Å²) in [6.07, 6.45) is 0.986. The predicted molar refractivity (Wildman–Crippen MR) is 84.7 cm³/mol. The van der Waals surface area contributed by atoms with Crippen LogP contribution in [0.2, 0.25) is 10.0 Å². The van der Waals surface area contributed by atoms with Gasteiger partial charge in [0.25, 0.3) is 0 Å². The largest absolute Gasteiger partial charge is 0.339 e. The number of nitrogens with zero attached hydrogens (tertiary/aromatic N) is 2. The summed E-state index contributed by atoms with van der Waals surface area (Å²) < 4.78 is 5.26. The van der Waals surface area contributed by atoms with Crippen molar-refractivity contribution >= 4 is 23.2 Å². The summed E-state index contributed by atoms with van der Waals surface area (Å²) in [6.45, 7) is 6.25. The van der Waals surface area contributed by atoms with Crippen LogP contribution in [0.3, 0.4) is 0 Å². The van der Waals surface area contributed by atoms with E-state index in [0.29, 0.717) is 34.6 Å². The first-order chi connectivity index (χ1) is 9.77. The number of nitrogens with two attached hydrogens (primary N) is 1. The van der Waals surface area contributed by atoms with E-state index in [2.05, 4.69) is 30.9 Å². The molecule has 2 rings (SSSR count). The lowest BCUT2D eigenvalue weighted by atomic mass is 9.85. The van der Waals surface area contributed by atoms with Gasteiger partial charge in [-0.05, 0) is 23.1 Å². The smallest absolute Gasteiger partial charge is 0.228 e. The van der Waals surface area contributed by atoms with Crippen LogP contribution < -0.4 is 5.73 Å². The zero-order valence-corrected chi connectivity index (χ0v) is 13.9. The summed E-state index contributed by atoms with van der Waals surface area (Å²) in [6, 6.07) is 5.34. The second-order valence-corrected chi connectivity index (χ2v) is 6.97. The van der Waals surface area contributed by atoms with Gasteiger partial charge in [-0.2, -0.15) is 4.98 Å². The maximum atomic E-state index is 6.14. The fraction of sp³-hybridized carbons (Fsp3) is 0.467. The van der Waals surface area contributed by atoms with Gasteiger partial charge in [-0.25, -0.2) is 0 Å². The minimum Gasteiger partial charge on any atom is -0.339 e. The zero-order chi connectivity index (χ0) is 15.6. The number of aromatic nitrogens is 2. The van der Waals surface area contributed by atoms with E-state index in [9.17, 15) is 0 Å². The van der Waals surface area contributed by atoms with Crippen LogP contribution in [-0.2, 0) is 12.8 Å². The van der Waals surface area contributed by atoms with Crippen molar-refractivity contribution < 1.29 is 4.52 Å². The Morgan fingerprint density at radius 3 is 2.43 bits per heavy atom. The van der Waals surface area contributed by atoms with Gasteiger partial charge >= 0.3 is 0 Å². The average molecular weight is 328 g/mol. The average Bonchev–Trinajstić information content (AvgIpc) is 2.80. The van der Waals surface area contributed by atoms with Crippen LogP contribution in [0.5, 0.6) is 0 Å². The lowest BCUT2D eigenvalue weighted by molar-refractivity contribution is 0.285. The fourth-order valence-corrected chi connectivity index (χ4v) is 2.33. The zero-order valence-electron chi connectivity index (χ0n) is 12.4. The van der Waals surface area contributed by atoms with Gasteiger partial charge in [0.1, 0.15) is 0 Å². The quantitative estimate of drug-likeness (QED) is 0.925. The van der Waals surface area contributed by atoms with E-state index in [1.54, 1.807) is 18.2 Å². The van der Waals surface area contributed by atoms with Crippen LogP contribution in [0.4, 0.5) is 0 Å². The molecule has 0 aliphatic rings. The third kappa shape index (κ3) is 4.19. The Morgan fingerprint density at radius 2 is 1.86 bits per heavy atom. The molecule has 0 saturated heterocycles. The van der Waals surface area contributed by atoms with Gasteiger partial charge in [0.15, 0.2) is 5.82 Å².